The third kappa shape index (κ3) is 2.47. The van der Waals surface area contributed by atoms with Crippen LogP contribution in [0.5, 0.6) is 0 Å². The van der Waals surface area contributed by atoms with Crippen molar-refractivity contribution >= 4 is 5.57 Å². The molecule has 0 amide bonds. The maximum Gasteiger partial charge on any atom is 0.0273 e. The molecule has 0 aliphatic carbocycles. The standard InChI is InChI=1S/C10H14N2/c1-9(8-12(2)3)10-4-6-11-7-5-10/h4-7H,1,8H2,2-3H3. The molecule has 1 heterocycles. The van der Waals surface area contributed by atoms with Crippen LogP contribution in [-0.2, 0) is 0 Å². The van der Waals surface area contributed by atoms with E-state index in [1.165, 1.54) is 5.56 Å². The molecule has 0 saturated carbocycles. The summed E-state index contributed by atoms with van der Waals surface area (Å²) in [5, 5.41) is 0. The van der Waals surface area contributed by atoms with Crippen LogP contribution in [0.1, 0.15) is 5.56 Å². The van der Waals surface area contributed by atoms with E-state index in [9.17, 15) is 0 Å². The summed E-state index contributed by atoms with van der Waals surface area (Å²) in [4.78, 5) is 6.05. The molecule has 0 aliphatic heterocycles. The SMILES string of the molecule is C=C(CN(C)C)c1ccncc1. The van der Waals surface area contributed by atoms with Gasteiger partial charge in [0.15, 0.2) is 0 Å². The zero-order chi connectivity index (χ0) is 8.97. The van der Waals surface area contributed by atoms with E-state index in [-0.39, 0.29) is 0 Å². The van der Waals surface area contributed by atoms with Gasteiger partial charge in [-0.05, 0) is 37.4 Å². The second kappa shape index (κ2) is 4.02. The first-order valence-electron chi connectivity index (χ1n) is 3.93. The zero-order valence-electron chi connectivity index (χ0n) is 7.62. The minimum atomic E-state index is 0.893. The number of likely N-dealkylation sites (N-methyl/N-ethyl adjacent to an activating group) is 1. The summed E-state index contributed by atoms with van der Waals surface area (Å²) in [6, 6.07) is 3.96. The van der Waals surface area contributed by atoms with Crippen molar-refractivity contribution in [1.82, 2.24) is 9.88 Å². The molecule has 0 unspecified atom stereocenters. The van der Waals surface area contributed by atoms with Gasteiger partial charge in [-0.2, -0.15) is 0 Å². The lowest BCUT2D eigenvalue weighted by Gasteiger charge is -2.11. The molecule has 0 N–H and O–H groups in total. The topological polar surface area (TPSA) is 16.1 Å². The fourth-order valence-corrected chi connectivity index (χ4v) is 1.06. The van der Waals surface area contributed by atoms with E-state index in [0.717, 1.165) is 12.1 Å². The van der Waals surface area contributed by atoms with E-state index in [0.29, 0.717) is 0 Å². The van der Waals surface area contributed by atoms with E-state index >= 15 is 0 Å². The van der Waals surface area contributed by atoms with Crippen molar-refractivity contribution in [2.75, 3.05) is 20.6 Å². The summed E-state index contributed by atoms with van der Waals surface area (Å²) < 4.78 is 0. The highest BCUT2D eigenvalue weighted by molar-refractivity contribution is 5.63. The molecule has 0 spiro atoms. The number of pyridine rings is 1. The molecule has 1 aromatic rings. The smallest absolute Gasteiger partial charge is 0.0273 e. The Labute approximate surface area is 73.5 Å². The summed E-state index contributed by atoms with van der Waals surface area (Å²) in [6.07, 6.45) is 3.58. The fraction of sp³-hybridized carbons (Fsp3) is 0.300. The molecule has 2 nitrogen and oxygen atoms in total. The number of rotatable bonds is 3. The van der Waals surface area contributed by atoms with Gasteiger partial charge in [0, 0.05) is 18.9 Å². The number of aromatic nitrogens is 1. The first kappa shape index (κ1) is 8.94. The Bertz CT molecular complexity index is 252. The van der Waals surface area contributed by atoms with E-state index in [4.69, 9.17) is 0 Å². The molecule has 2 heteroatoms. The van der Waals surface area contributed by atoms with Gasteiger partial charge in [0.05, 0.1) is 0 Å². The molecule has 64 valence electrons. The third-order valence-corrected chi connectivity index (χ3v) is 1.60. The van der Waals surface area contributed by atoms with Crippen molar-refractivity contribution in [2.24, 2.45) is 0 Å². The molecule has 12 heavy (non-hydrogen) atoms. The van der Waals surface area contributed by atoms with Crippen molar-refractivity contribution in [3.63, 3.8) is 0 Å². The van der Waals surface area contributed by atoms with Gasteiger partial charge in [0.1, 0.15) is 0 Å². The van der Waals surface area contributed by atoms with Gasteiger partial charge >= 0.3 is 0 Å². The number of hydrogen-bond acceptors (Lipinski definition) is 2. The minimum absolute atomic E-state index is 0.893. The Hall–Kier alpha value is -1.15. The average Bonchev–Trinajstić information content (AvgIpc) is 2.05. The first-order valence-corrected chi connectivity index (χ1v) is 3.93. The zero-order valence-corrected chi connectivity index (χ0v) is 7.62. The fourth-order valence-electron chi connectivity index (χ4n) is 1.06. The third-order valence-electron chi connectivity index (χ3n) is 1.60. The molecule has 0 saturated heterocycles. The quantitative estimate of drug-likeness (QED) is 0.672. The molecule has 0 aromatic carbocycles. The number of hydrogen-bond donors (Lipinski definition) is 0. The molecule has 0 aliphatic rings. The van der Waals surface area contributed by atoms with Gasteiger partial charge < -0.3 is 4.90 Å². The van der Waals surface area contributed by atoms with Crippen LogP contribution < -0.4 is 0 Å². The Balaban J connectivity index is 2.66. The predicted octanol–water partition coefficient (Wildman–Crippen LogP) is 1.66. The highest BCUT2D eigenvalue weighted by atomic mass is 15.0. The summed E-state index contributed by atoms with van der Waals surface area (Å²) in [6.45, 7) is 4.89. The van der Waals surface area contributed by atoms with Crippen LogP contribution in [0.3, 0.4) is 0 Å². The Morgan fingerprint density at radius 2 is 2.00 bits per heavy atom. The van der Waals surface area contributed by atoms with Crippen molar-refractivity contribution < 1.29 is 0 Å². The molecule has 1 rings (SSSR count). The Morgan fingerprint density at radius 1 is 1.42 bits per heavy atom. The lowest BCUT2D eigenvalue weighted by Crippen LogP contribution is -2.13. The lowest BCUT2D eigenvalue weighted by molar-refractivity contribution is 0.463. The van der Waals surface area contributed by atoms with Crippen LogP contribution in [0.4, 0.5) is 0 Å². The van der Waals surface area contributed by atoms with Crippen LogP contribution in [0.15, 0.2) is 31.1 Å². The van der Waals surface area contributed by atoms with Gasteiger partial charge in [0.2, 0.25) is 0 Å². The van der Waals surface area contributed by atoms with Gasteiger partial charge in [-0.3, -0.25) is 4.98 Å². The maximum atomic E-state index is 4.00. The Morgan fingerprint density at radius 3 is 2.50 bits per heavy atom. The van der Waals surface area contributed by atoms with Crippen LogP contribution in [0.25, 0.3) is 5.57 Å². The average molecular weight is 162 g/mol. The van der Waals surface area contributed by atoms with Crippen molar-refractivity contribution in [2.45, 2.75) is 0 Å². The second-order valence-corrected chi connectivity index (χ2v) is 3.08. The van der Waals surface area contributed by atoms with Gasteiger partial charge in [-0.25, -0.2) is 0 Å². The van der Waals surface area contributed by atoms with Crippen LogP contribution in [0.2, 0.25) is 0 Å². The summed E-state index contributed by atoms with van der Waals surface area (Å²) in [5.74, 6) is 0. The van der Waals surface area contributed by atoms with Gasteiger partial charge in [-0.15, -0.1) is 0 Å². The van der Waals surface area contributed by atoms with Gasteiger partial charge in [-0.1, -0.05) is 6.58 Å². The molecule has 0 radical (unpaired) electrons. The summed E-state index contributed by atoms with van der Waals surface area (Å²) in [5.41, 5.74) is 2.29. The van der Waals surface area contributed by atoms with Crippen molar-refractivity contribution in [3.8, 4) is 0 Å². The second-order valence-electron chi connectivity index (χ2n) is 3.08. The maximum absolute atomic E-state index is 4.00. The predicted molar refractivity (Wildman–Crippen MR) is 51.8 cm³/mol. The minimum Gasteiger partial charge on any atom is -0.305 e. The van der Waals surface area contributed by atoms with Crippen LogP contribution >= 0.6 is 0 Å². The molecule has 0 atom stereocenters. The van der Waals surface area contributed by atoms with E-state index in [1.54, 1.807) is 12.4 Å². The van der Waals surface area contributed by atoms with E-state index in [2.05, 4.69) is 16.5 Å². The number of nitrogens with zero attached hydrogens (tertiary/aromatic N) is 2. The molecular weight excluding hydrogens is 148 g/mol. The van der Waals surface area contributed by atoms with Crippen molar-refractivity contribution in [3.05, 3.63) is 36.7 Å². The summed E-state index contributed by atoms with van der Waals surface area (Å²) >= 11 is 0. The normalized spacial score (nSPS) is 10.2. The van der Waals surface area contributed by atoms with Crippen LogP contribution in [0, 0.1) is 0 Å². The van der Waals surface area contributed by atoms with Crippen LogP contribution in [-0.4, -0.2) is 30.5 Å². The van der Waals surface area contributed by atoms with Gasteiger partial charge in [0.25, 0.3) is 0 Å². The highest BCUT2D eigenvalue weighted by Gasteiger charge is 1.98. The van der Waals surface area contributed by atoms with E-state index < -0.39 is 0 Å². The lowest BCUT2D eigenvalue weighted by atomic mass is 10.1. The molecule has 0 bridgehead atoms. The summed E-state index contributed by atoms with van der Waals surface area (Å²) in [7, 11) is 4.07. The monoisotopic (exact) mass is 162 g/mol. The molecule has 1 aromatic heterocycles. The highest BCUT2D eigenvalue weighted by Crippen LogP contribution is 2.10. The Kier molecular flexibility index (Phi) is 3.00. The first-order chi connectivity index (χ1) is 5.70. The largest absolute Gasteiger partial charge is 0.305 e. The molecule has 0 fully saturated rings. The van der Waals surface area contributed by atoms with Crippen molar-refractivity contribution in [1.29, 1.82) is 0 Å². The molecular formula is C10H14N2. The van der Waals surface area contributed by atoms with E-state index in [1.807, 2.05) is 26.2 Å².